The number of aliphatic hydroxyl groups excluding tert-OH is 1. The van der Waals surface area contributed by atoms with Gasteiger partial charge in [-0.1, -0.05) is 13.3 Å². The van der Waals surface area contributed by atoms with E-state index in [1.807, 2.05) is 6.92 Å². The molecule has 0 aromatic carbocycles. The van der Waals surface area contributed by atoms with Crippen molar-refractivity contribution < 1.29 is 5.11 Å². The molecule has 0 aliphatic rings. The van der Waals surface area contributed by atoms with E-state index in [2.05, 4.69) is 12.7 Å². The average Bonchev–Trinajstić information content (AvgIpc) is 1.72. The van der Waals surface area contributed by atoms with Gasteiger partial charge in [0.05, 0.1) is 6.10 Å². The smallest absolute Gasteiger partial charge is 0.0512 e. The summed E-state index contributed by atoms with van der Waals surface area (Å²) in [7, 11) is 1.50. The van der Waals surface area contributed by atoms with Gasteiger partial charge >= 0.3 is 0 Å². The highest BCUT2D eigenvalue weighted by Gasteiger charge is 1.87. The minimum atomic E-state index is -0.102. The van der Waals surface area contributed by atoms with Crippen molar-refractivity contribution in [3.8, 4) is 0 Å². The van der Waals surface area contributed by atoms with Crippen molar-refractivity contribution in [2.75, 3.05) is 7.05 Å². The minimum Gasteiger partial charge on any atom is -0.393 e. The van der Waals surface area contributed by atoms with Crippen LogP contribution >= 0.6 is 0 Å². The van der Waals surface area contributed by atoms with Crippen molar-refractivity contribution in [1.82, 2.24) is 0 Å². The van der Waals surface area contributed by atoms with Gasteiger partial charge in [-0.3, -0.25) is 0 Å². The number of rotatable bonds is 2. The topological polar surface area (TPSA) is 46.2 Å². The molecule has 0 aliphatic carbocycles. The molecule has 0 spiro atoms. The zero-order chi connectivity index (χ0) is 6.99. The third kappa shape index (κ3) is 16.8. The molecule has 0 aromatic heterocycles. The van der Waals surface area contributed by atoms with Gasteiger partial charge in [0.15, 0.2) is 0 Å². The highest BCUT2D eigenvalue weighted by atomic mass is 16.3. The molecule has 0 bridgehead atoms. The van der Waals surface area contributed by atoms with Gasteiger partial charge in [0, 0.05) is 0 Å². The van der Waals surface area contributed by atoms with E-state index in [0.29, 0.717) is 0 Å². The molecule has 2 nitrogen and oxygen atoms in total. The van der Waals surface area contributed by atoms with Gasteiger partial charge in [-0.15, -0.1) is 0 Å². The fourth-order valence-corrected chi connectivity index (χ4v) is 0.418. The van der Waals surface area contributed by atoms with Crippen LogP contribution in [0.3, 0.4) is 0 Å². The summed E-state index contributed by atoms with van der Waals surface area (Å²) in [5.41, 5.74) is 4.50. The number of nitrogens with two attached hydrogens (primary N) is 1. The molecule has 1 atom stereocenters. The summed E-state index contributed by atoms with van der Waals surface area (Å²) in [6.45, 7) is 3.87. The maximum absolute atomic E-state index is 8.55. The van der Waals surface area contributed by atoms with Gasteiger partial charge in [0.2, 0.25) is 0 Å². The number of hydrogen-bond donors (Lipinski definition) is 2. The molecule has 0 heterocycles. The van der Waals surface area contributed by atoms with Gasteiger partial charge in [0.1, 0.15) is 0 Å². The first-order valence-corrected chi connectivity index (χ1v) is 3.03. The number of hydrogen-bond acceptors (Lipinski definition) is 2. The Balaban J connectivity index is 0. The van der Waals surface area contributed by atoms with Crippen molar-refractivity contribution in [1.29, 1.82) is 0 Å². The number of aliphatic hydroxyl groups is 1. The van der Waals surface area contributed by atoms with Gasteiger partial charge < -0.3 is 10.8 Å². The Morgan fingerprint density at radius 3 is 1.88 bits per heavy atom. The van der Waals surface area contributed by atoms with Crippen LogP contribution in [0.15, 0.2) is 0 Å². The molecular weight excluding hydrogens is 102 g/mol. The second-order valence-electron chi connectivity index (χ2n) is 1.64. The highest BCUT2D eigenvalue weighted by Crippen LogP contribution is 1.91. The predicted molar refractivity (Wildman–Crippen MR) is 36.7 cm³/mol. The van der Waals surface area contributed by atoms with E-state index in [1.165, 1.54) is 7.05 Å². The summed E-state index contributed by atoms with van der Waals surface area (Å²) in [6, 6.07) is 0. The second-order valence-corrected chi connectivity index (χ2v) is 1.64. The molecule has 0 aliphatic heterocycles. The molecule has 0 aromatic rings. The summed E-state index contributed by atoms with van der Waals surface area (Å²) in [4.78, 5) is 0. The van der Waals surface area contributed by atoms with Crippen LogP contribution in [0.4, 0.5) is 0 Å². The quantitative estimate of drug-likeness (QED) is 0.563. The van der Waals surface area contributed by atoms with Gasteiger partial charge in [-0.25, -0.2) is 0 Å². The maximum atomic E-state index is 8.55. The Labute approximate surface area is 51.7 Å². The van der Waals surface area contributed by atoms with Crippen LogP contribution in [0.2, 0.25) is 0 Å². The Morgan fingerprint density at radius 1 is 1.50 bits per heavy atom. The van der Waals surface area contributed by atoms with E-state index < -0.39 is 0 Å². The maximum Gasteiger partial charge on any atom is 0.0512 e. The summed E-state index contributed by atoms with van der Waals surface area (Å²) in [5, 5.41) is 8.55. The third-order valence-electron chi connectivity index (χ3n) is 0.706. The Bertz CT molecular complexity index is 29.7. The van der Waals surface area contributed by atoms with Gasteiger partial charge in [-0.2, -0.15) is 0 Å². The SMILES string of the molecule is CCCC(C)O.CN. The normalized spacial score (nSPS) is 11.6. The van der Waals surface area contributed by atoms with Crippen LogP contribution < -0.4 is 5.73 Å². The van der Waals surface area contributed by atoms with Crippen molar-refractivity contribution >= 4 is 0 Å². The molecule has 0 radical (unpaired) electrons. The molecular formula is C6H17NO. The van der Waals surface area contributed by atoms with Gasteiger partial charge in [0.25, 0.3) is 0 Å². The Morgan fingerprint density at radius 2 is 1.88 bits per heavy atom. The second kappa shape index (κ2) is 10.0. The molecule has 52 valence electrons. The first-order valence-electron chi connectivity index (χ1n) is 3.03. The van der Waals surface area contributed by atoms with E-state index in [4.69, 9.17) is 5.11 Å². The van der Waals surface area contributed by atoms with Crippen LogP contribution in [0.5, 0.6) is 0 Å². The monoisotopic (exact) mass is 119 g/mol. The molecule has 0 amide bonds. The highest BCUT2D eigenvalue weighted by molar-refractivity contribution is 4.40. The molecule has 0 rings (SSSR count). The largest absolute Gasteiger partial charge is 0.393 e. The molecule has 0 fully saturated rings. The summed E-state index contributed by atoms with van der Waals surface area (Å²) >= 11 is 0. The van der Waals surface area contributed by atoms with E-state index in [9.17, 15) is 0 Å². The standard InChI is InChI=1S/C5H12O.CH5N/c1-3-4-5(2)6;1-2/h5-6H,3-4H2,1-2H3;2H2,1H3. The average molecular weight is 119 g/mol. The summed E-state index contributed by atoms with van der Waals surface area (Å²) in [6.07, 6.45) is 1.91. The Kier molecular flexibility index (Phi) is 13.6. The van der Waals surface area contributed by atoms with Crippen molar-refractivity contribution in [3.05, 3.63) is 0 Å². The zero-order valence-electron chi connectivity index (χ0n) is 6.02. The lowest BCUT2D eigenvalue weighted by atomic mass is 10.2. The van der Waals surface area contributed by atoms with E-state index in [1.54, 1.807) is 0 Å². The summed E-state index contributed by atoms with van der Waals surface area (Å²) in [5.74, 6) is 0. The van der Waals surface area contributed by atoms with E-state index in [-0.39, 0.29) is 6.10 Å². The van der Waals surface area contributed by atoms with Crippen molar-refractivity contribution in [3.63, 3.8) is 0 Å². The first kappa shape index (κ1) is 10.8. The van der Waals surface area contributed by atoms with Crippen LogP contribution in [-0.4, -0.2) is 18.3 Å². The molecule has 3 N–H and O–H groups in total. The molecule has 1 unspecified atom stereocenters. The van der Waals surface area contributed by atoms with Crippen LogP contribution in [0, 0.1) is 0 Å². The molecule has 0 saturated heterocycles. The van der Waals surface area contributed by atoms with Crippen molar-refractivity contribution in [2.45, 2.75) is 32.8 Å². The fourth-order valence-electron chi connectivity index (χ4n) is 0.418. The summed E-state index contributed by atoms with van der Waals surface area (Å²) < 4.78 is 0. The third-order valence-corrected chi connectivity index (χ3v) is 0.706. The molecule has 0 saturated carbocycles. The van der Waals surface area contributed by atoms with Crippen molar-refractivity contribution in [2.24, 2.45) is 5.73 Å². The zero-order valence-corrected chi connectivity index (χ0v) is 6.02. The Hall–Kier alpha value is -0.0800. The predicted octanol–water partition coefficient (Wildman–Crippen LogP) is 0.742. The fraction of sp³-hybridized carbons (Fsp3) is 1.00. The van der Waals surface area contributed by atoms with E-state index in [0.717, 1.165) is 12.8 Å². The van der Waals surface area contributed by atoms with Crippen LogP contribution in [-0.2, 0) is 0 Å². The van der Waals surface area contributed by atoms with Gasteiger partial charge in [-0.05, 0) is 20.4 Å². The van der Waals surface area contributed by atoms with E-state index >= 15 is 0 Å². The lowest BCUT2D eigenvalue weighted by Crippen LogP contribution is -1.95. The molecule has 8 heavy (non-hydrogen) atoms. The molecule has 2 heteroatoms. The van der Waals surface area contributed by atoms with Crippen LogP contribution in [0.25, 0.3) is 0 Å². The van der Waals surface area contributed by atoms with Crippen LogP contribution in [0.1, 0.15) is 26.7 Å². The lowest BCUT2D eigenvalue weighted by molar-refractivity contribution is 0.183. The minimum absolute atomic E-state index is 0.102. The lowest BCUT2D eigenvalue weighted by Gasteiger charge is -1.95. The first-order chi connectivity index (χ1) is 3.77.